The zero-order valence-corrected chi connectivity index (χ0v) is 45.6. The first-order valence-corrected chi connectivity index (χ1v) is 29.4. The summed E-state index contributed by atoms with van der Waals surface area (Å²) in [7, 11) is 0. The molecular weight excluding hydrogens is 853 g/mol. The van der Waals surface area contributed by atoms with Gasteiger partial charge in [-0.1, -0.05) is 254 Å². The van der Waals surface area contributed by atoms with E-state index in [1.807, 2.05) is 0 Å². The van der Waals surface area contributed by atoms with Crippen molar-refractivity contribution in [3.05, 3.63) is 72.9 Å². The summed E-state index contributed by atoms with van der Waals surface area (Å²) in [5, 5.41) is 0. The Morgan fingerprint density at radius 2 is 0.536 bits per heavy atom. The molecular formula is C63H110O6. The predicted octanol–water partition coefficient (Wildman–Crippen LogP) is 19.8. The number of carbonyl (C=O) groups excluding carboxylic acids is 3. The monoisotopic (exact) mass is 963 g/mol. The van der Waals surface area contributed by atoms with E-state index in [0.717, 1.165) is 109 Å². The lowest BCUT2D eigenvalue weighted by Gasteiger charge is -2.18. The lowest BCUT2D eigenvalue weighted by molar-refractivity contribution is -0.167. The minimum atomic E-state index is -0.793. The Kier molecular flexibility index (Phi) is 54.8. The first-order valence-electron chi connectivity index (χ1n) is 29.4. The summed E-state index contributed by atoms with van der Waals surface area (Å²) in [5.41, 5.74) is 0. The number of rotatable bonds is 53. The molecule has 69 heavy (non-hydrogen) atoms. The Labute approximate surface area is 427 Å². The van der Waals surface area contributed by atoms with Gasteiger partial charge in [-0.05, 0) is 89.9 Å². The third kappa shape index (κ3) is 55.6. The summed E-state index contributed by atoms with van der Waals surface area (Å²) in [5.74, 6) is -0.924. The number of carbonyl (C=O) groups is 3. The topological polar surface area (TPSA) is 78.9 Å². The van der Waals surface area contributed by atoms with E-state index in [1.54, 1.807) is 0 Å². The van der Waals surface area contributed by atoms with E-state index < -0.39 is 6.10 Å². The lowest BCUT2D eigenvalue weighted by Crippen LogP contribution is -2.30. The first kappa shape index (κ1) is 65.8. The summed E-state index contributed by atoms with van der Waals surface area (Å²) in [4.78, 5) is 38.2. The molecule has 0 aromatic carbocycles. The van der Waals surface area contributed by atoms with Crippen molar-refractivity contribution < 1.29 is 28.6 Å². The summed E-state index contributed by atoms with van der Waals surface area (Å²) in [6.07, 6.45) is 73.2. The van der Waals surface area contributed by atoms with Crippen molar-refractivity contribution in [2.45, 2.75) is 297 Å². The minimum Gasteiger partial charge on any atom is -0.462 e. The van der Waals surface area contributed by atoms with E-state index in [9.17, 15) is 14.4 Å². The Bertz CT molecular complexity index is 1290. The molecule has 6 nitrogen and oxygen atoms in total. The molecule has 1 atom stereocenters. The molecule has 0 fully saturated rings. The van der Waals surface area contributed by atoms with Gasteiger partial charge < -0.3 is 14.2 Å². The van der Waals surface area contributed by atoms with Crippen LogP contribution in [0.2, 0.25) is 0 Å². The van der Waals surface area contributed by atoms with Crippen LogP contribution in [0.25, 0.3) is 0 Å². The normalized spacial score (nSPS) is 12.6. The SMILES string of the molecule is CCCC/C=C\C/C=C\CCCCCCCC(=O)OC[C@H](COC(=O)CCCCC/C=C\C/C=C\C/C=C\C/C=C\CCCCC)OC(=O)CCCCCCCCCCCCCCCCCCCC. The number of hydrogen-bond donors (Lipinski definition) is 0. The van der Waals surface area contributed by atoms with Gasteiger partial charge in [0.15, 0.2) is 6.10 Å². The van der Waals surface area contributed by atoms with Crippen LogP contribution in [-0.4, -0.2) is 37.2 Å². The molecule has 0 aliphatic rings. The molecule has 398 valence electrons. The quantitative estimate of drug-likeness (QED) is 0.0262. The number of unbranched alkanes of at least 4 members (excludes halogenated alkanes) is 30. The first-order chi connectivity index (χ1) is 34.0. The highest BCUT2D eigenvalue weighted by atomic mass is 16.6. The standard InChI is InChI=1S/C63H110O6/c1-4-7-10-13-16-19-22-25-28-30-32-34-35-38-41-44-47-50-53-56-62(65)68-59-60(58-67-61(64)55-52-49-46-43-40-37-27-24-21-18-15-12-9-6-3)69-63(66)57-54-51-48-45-42-39-36-33-31-29-26-23-20-17-14-11-8-5-2/h15-16,18-19,24-25,27-28,32,34,38,41,60H,4-14,17,20-23,26,29-31,33,35-37,39-40,42-59H2,1-3H3/b18-15-,19-16-,27-24-,28-25-,34-32-,41-38-/t60-/m1/s1. The average Bonchev–Trinajstić information content (AvgIpc) is 3.35. The van der Waals surface area contributed by atoms with Crippen LogP contribution in [0.4, 0.5) is 0 Å². The maximum absolute atomic E-state index is 12.9. The fourth-order valence-corrected chi connectivity index (χ4v) is 8.21. The van der Waals surface area contributed by atoms with Gasteiger partial charge in [0.25, 0.3) is 0 Å². The highest BCUT2D eigenvalue weighted by Gasteiger charge is 2.19. The summed E-state index contributed by atoms with van der Waals surface area (Å²) < 4.78 is 16.9. The molecule has 0 unspecified atom stereocenters. The van der Waals surface area contributed by atoms with E-state index in [2.05, 4.69) is 93.7 Å². The molecule has 0 aliphatic carbocycles. The molecule has 0 aromatic heterocycles. The summed E-state index contributed by atoms with van der Waals surface area (Å²) in [6.45, 7) is 6.56. The van der Waals surface area contributed by atoms with Crippen molar-refractivity contribution in [1.29, 1.82) is 0 Å². The van der Waals surface area contributed by atoms with Crippen molar-refractivity contribution >= 4 is 17.9 Å². The highest BCUT2D eigenvalue weighted by Crippen LogP contribution is 2.16. The Hall–Kier alpha value is -3.15. The molecule has 0 radical (unpaired) electrons. The van der Waals surface area contributed by atoms with Gasteiger partial charge in [0, 0.05) is 19.3 Å². The number of esters is 3. The van der Waals surface area contributed by atoms with E-state index in [4.69, 9.17) is 14.2 Å². The molecule has 0 saturated heterocycles. The zero-order valence-electron chi connectivity index (χ0n) is 45.6. The molecule has 0 saturated carbocycles. The third-order valence-corrected chi connectivity index (χ3v) is 12.7. The molecule has 0 aromatic rings. The van der Waals surface area contributed by atoms with E-state index in [0.29, 0.717) is 19.3 Å². The smallest absolute Gasteiger partial charge is 0.306 e. The molecule has 0 heterocycles. The Balaban J connectivity index is 4.43. The van der Waals surface area contributed by atoms with E-state index in [-0.39, 0.29) is 31.1 Å². The van der Waals surface area contributed by atoms with Crippen LogP contribution >= 0.6 is 0 Å². The van der Waals surface area contributed by atoms with Gasteiger partial charge in [0.2, 0.25) is 0 Å². The molecule has 0 N–H and O–H groups in total. The fourth-order valence-electron chi connectivity index (χ4n) is 8.21. The van der Waals surface area contributed by atoms with Crippen molar-refractivity contribution in [2.24, 2.45) is 0 Å². The second-order valence-corrected chi connectivity index (χ2v) is 19.6. The summed E-state index contributed by atoms with van der Waals surface area (Å²) >= 11 is 0. The average molecular weight is 964 g/mol. The Morgan fingerprint density at radius 1 is 0.290 bits per heavy atom. The molecule has 0 rings (SSSR count). The number of allylic oxidation sites excluding steroid dienone is 12. The van der Waals surface area contributed by atoms with E-state index >= 15 is 0 Å². The maximum atomic E-state index is 12.9. The van der Waals surface area contributed by atoms with Crippen molar-refractivity contribution in [3.8, 4) is 0 Å². The van der Waals surface area contributed by atoms with Gasteiger partial charge >= 0.3 is 17.9 Å². The van der Waals surface area contributed by atoms with Crippen LogP contribution in [0.15, 0.2) is 72.9 Å². The fraction of sp³-hybridized carbons (Fsp3) is 0.762. The van der Waals surface area contributed by atoms with Gasteiger partial charge in [0.05, 0.1) is 0 Å². The molecule has 0 aliphatic heterocycles. The van der Waals surface area contributed by atoms with Gasteiger partial charge in [0.1, 0.15) is 13.2 Å². The van der Waals surface area contributed by atoms with Crippen molar-refractivity contribution in [3.63, 3.8) is 0 Å². The maximum Gasteiger partial charge on any atom is 0.306 e. The van der Waals surface area contributed by atoms with Crippen LogP contribution < -0.4 is 0 Å². The van der Waals surface area contributed by atoms with Crippen molar-refractivity contribution in [2.75, 3.05) is 13.2 Å². The largest absolute Gasteiger partial charge is 0.462 e. The highest BCUT2D eigenvalue weighted by molar-refractivity contribution is 5.71. The molecule has 0 bridgehead atoms. The van der Waals surface area contributed by atoms with E-state index in [1.165, 1.54) is 141 Å². The van der Waals surface area contributed by atoms with Crippen LogP contribution in [0.3, 0.4) is 0 Å². The molecule has 0 spiro atoms. The van der Waals surface area contributed by atoms with Gasteiger partial charge in [-0.3, -0.25) is 14.4 Å². The second kappa shape index (κ2) is 57.4. The summed E-state index contributed by atoms with van der Waals surface area (Å²) in [6, 6.07) is 0. The van der Waals surface area contributed by atoms with Crippen LogP contribution in [0.5, 0.6) is 0 Å². The van der Waals surface area contributed by atoms with Crippen LogP contribution in [-0.2, 0) is 28.6 Å². The lowest BCUT2D eigenvalue weighted by atomic mass is 10.0. The Morgan fingerprint density at radius 3 is 0.899 bits per heavy atom. The third-order valence-electron chi connectivity index (χ3n) is 12.7. The van der Waals surface area contributed by atoms with Crippen LogP contribution in [0, 0.1) is 0 Å². The van der Waals surface area contributed by atoms with Gasteiger partial charge in [-0.25, -0.2) is 0 Å². The van der Waals surface area contributed by atoms with Gasteiger partial charge in [-0.15, -0.1) is 0 Å². The van der Waals surface area contributed by atoms with Crippen LogP contribution in [0.1, 0.15) is 290 Å². The predicted molar refractivity (Wildman–Crippen MR) is 298 cm³/mol. The number of ether oxygens (including phenoxy) is 3. The van der Waals surface area contributed by atoms with Gasteiger partial charge in [-0.2, -0.15) is 0 Å². The molecule has 0 amide bonds. The number of hydrogen-bond acceptors (Lipinski definition) is 6. The zero-order chi connectivity index (χ0) is 50.0. The molecule has 6 heteroatoms. The van der Waals surface area contributed by atoms with Crippen molar-refractivity contribution in [1.82, 2.24) is 0 Å². The minimum absolute atomic E-state index is 0.0911. The second-order valence-electron chi connectivity index (χ2n) is 19.6.